The summed E-state index contributed by atoms with van der Waals surface area (Å²) < 4.78 is 12.7. The number of hydrogen-bond donors (Lipinski definition) is 2. The van der Waals surface area contributed by atoms with E-state index in [0.29, 0.717) is 12.0 Å². The van der Waals surface area contributed by atoms with E-state index in [1.54, 1.807) is 24.3 Å². The summed E-state index contributed by atoms with van der Waals surface area (Å²) in [6.45, 7) is 0. The fourth-order valence-corrected chi connectivity index (χ4v) is 1.62. The van der Waals surface area contributed by atoms with Gasteiger partial charge in [-0.15, -0.1) is 0 Å². The van der Waals surface area contributed by atoms with Crippen LogP contribution in [0.15, 0.2) is 48.5 Å². The topological polar surface area (TPSA) is 49.9 Å². The number of hydrogen-bond acceptors (Lipinski definition) is 1. The Morgan fingerprint density at radius 3 is 2.58 bits per heavy atom. The van der Waals surface area contributed by atoms with Crippen LogP contribution in [-0.2, 0) is 6.42 Å². The van der Waals surface area contributed by atoms with Crippen LogP contribution in [0, 0.1) is 23.1 Å². The summed E-state index contributed by atoms with van der Waals surface area (Å²) in [6.07, 6.45) is 0.560. The molecule has 2 aromatic rings. The van der Waals surface area contributed by atoms with Crippen molar-refractivity contribution < 1.29 is 4.39 Å². The Morgan fingerprint density at radius 1 is 1.16 bits per heavy atom. The van der Waals surface area contributed by atoms with E-state index in [1.165, 1.54) is 12.1 Å². The number of nitrogen functional groups attached to an aromatic ring is 1. The average Bonchev–Trinajstić information content (AvgIpc) is 2.41. The van der Waals surface area contributed by atoms with Crippen molar-refractivity contribution in [1.29, 1.82) is 5.41 Å². The van der Waals surface area contributed by atoms with E-state index in [0.717, 1.165) is 11.1 Å². The van der Waals surface area contributed by atoms with Crippen molar-refractivity contribution in [3.8, 4) is 11.8 Å². The zero-order valence-corrected chi connectivity index (χ0v) is 10.3. The van der Waals surface area contributed by atoms with Crippen LogP contribution >= 0.6 is 0 Å². The second kappa shape index (κ2) is 5.83. The molecular weight excluding hydrogens is 239 g/mol. The van der Waals surface area contributed by atoms with Gasteiger partial charge in [0.05, 0.1) is 0 Å². The van der Waals surface area contributed by atoms with Crippen molar-refractivity contribution >= 4 is 5.84 Å². The van der Waals surface area contributed by atoms with Crippen molar-refractivity contribution in [1.82, 2.24) is 0 Å². The number of halogens is 1. The Balaban J connectivity index is 2.09. The highest BCUT2D eigenvalue weighted by Gasteiger charge is 1.96. The van der Waals surface area contributed by atoms with Gasteiger partial charge in [-0.05, 0) is 29.8 Å². The van der Waals surface area contributed by atoms with Crippen LogP contribution in [0.4, 0.5) is 4.39 Å². The summed E-state index contributed by atoms with van der Waals surface area (Å²) in [5, 5.41) is 7.36. The molecule has 0 bridgehead atoms. The monoisotopic (exact) mass is 252 g/mol. The first-order chi connectivity index (χ1) is 9.15. The molecule has 0 heterocycles. The summed E-state index contributed by atoms with van der Waals surface area (Å²) in [7, 11) is 0. The van der Waals surface area contributed by atoms with E-state index < -0.39 is 0 Å². The fourth-order valence-electron chi connectivity index (χ4n) is 1.62. The summed E-state index contributed by atoms with van der Waals surface area (Å²) >= 11 is 0. The molecule has 0 radical (unpaired) electrons. The summed E-state index contributed by atoms with van der Waals surface area (Å²) in [4.78, 5) is 0. The SMILES string of the molecule is N=C(N)c1cccc(C#CCc2ccc(F)cc2)c1. The Bertz CT molecular complexity index is 648. The van der Waals surface area contributed by atoms with Gasteiger partial charge in [-0.2, -0.15) is 0 Å². The molecule has 3 heteroatoms. The van der Waals surface area contributed by atoms with E-state index in [1.807, 2.05) is 12.1 Å². The third-order valence-electron chi connectivity index (χ3n) is 2.61. The molecule has 0 atom stereocenters. The van der Waals surface area contributed by atoms with Gasteiger partial charge in [0.1, 0.15) is 11.7 Å². The van der Waals surface area contributed by atoms with Crippen LogP contribution in [0.1, 0.15) is 16.7 Å². The maximum Gasteiger partial charge on any atom is 0.123 e. The molecule has 0 amide bonds. The number of rotatable bonds is 2. The highest BCUT2D eigenvalue weighted by molar-refractivity contribution is 5.95. The molecule has 2 rings (SSSR count). The molecular formula is C16H13FN2. The number of nitrogens with two attached hydrogens (primary N) is 1. The van der Waals surface area contributed by atoms with Gasteiger partial charge in [0.2, 0.25) is 0 Å². The molecule has 2 aromatic carbocycles. The molecule has 94 valence electrons. The van der Waals surface area contributed by atoms with Crippen LogP contribution in [-0.4, -0.2) is 5.84 Å². The number of benzene rings is 2. The lowest BCUT2D eigenvalue weighted by Gasteiger charge is -1.98. The van der Waals surface area contributed by atoms with E-state index in [2.05, 4.69) is 11.8 Å². The minimum atomic E-state index is -0.245. The van der Waals surface area contributed by atoms with Gasteiger partial charge in [0.15, 0.2) is 0 Å². The zero-order chi connectivity index (χ0) is 13.7. The maximum atomic E-state index is 12.7. The third kappa shape index (κ3) is 3.68. The quantitative estimate of drug-likeness (QED) is 0.482. The van der Waals surface area contributed by atoms with Gasteiger partial charge in [-0.25, -0.2) is 4.39 Å². The van der Waals surface area contributed by atoms with Gasteiger partial charge in [0.25, 0.3) is 0 Å². The second-order valence-corrected chi connectivity index (χ2v) is 4.10. The average molecular weight is 252 g/mol. The Hall–Kier alpha value is -2.60. The summed E-state index contributed by atoms with van der Waals surface area (Å²) in [6, 6.07) is 13.5. The van der Waals surface area contributed by atoms with Gasteiger partial charge in [0, 0.05) is 17.5 Å². The van der Waals surface area contributed by atoms with Crippen molar-refractivity contribution in [3.05, 3.63) is 71.0 Å². The van der Waals surface area contributed by atoms with E-state index in [9.17, 15) is 4.39 Å². The van der Waals surface area contributed by atoms with Crippen LogP contribution in [0.3, 0.4) is 0 Å². The van der Waals surface area contributed by atoms with Crippen molar-refractivity contribution in [3.63, 3.8) is 0 Å². The zero-order valence-electron chi connectivity index (χ0n) is 10.3. The van der Waals surface area contributed by atoms with Gasteiger partial charge in [-0.1, -0.05) is 36.1 Å². The molecule has 0 fully saturated rings. The lowest BCUT2D eigenvalue weighted by atomic mass is 10.1. The lowest BCUT2D eigenvalue weighted by Crippen LogP contribution is -2.10. The highest BCUT2D eigenvalue weighted by Crippen LogP contribution is 2.05. The fraction of sp³-hybridized carbons (Fsp3) is 0.0625. The first-order valence-corrected chi connectivity index (χ1v) is 5.83. The molecule has 19 heavy (non-hydrogen) atoms. The van der Waals surface area contributed by atoms with Crippen molar-refractivity contribution in [2.24, 2.45) is 5.73 Å². The van der Waals surface area contributed by atoms with Crippen LogP contribution in [0.2, 0.25) is 0 Å². The molecule has 2 nitrogen and oxygen atoms in total. The van der Waals surface area contributed by atoms with Crippen molar-refractivity contribution in [2.45, 2.75) is 6.42 Å². The highest BCUT2D eigenvalue weighted by atomic mass is 19.1. The first kappa shape index (κ1) is 12.8. The predicted molar refractivity (Wildman–Crippen MR) is 74.4 cm³/mol. The van der Waals surface area contributed by atoms with Crippen LogP contribution in [0.25, 0.3) is 0 Å². The lowest BCUT2D eigenvalue weighted by molar-refractivity contribution is 0.627. The molecule has 0 unspecified atom stereocenters. The smallest absolute Gasteiger partial charge is 0.123 e. The molecule has 0 saturated heterocycles. The van der Waals surface area contributed by atoms with Crippen molar-refractivity contribution in [2.75, 3.05) is 0 Å². The van der Waals surface area contributed by atoms with E-state index in [-0.39, 0.29) is 11.7 Å². The van der Waals surface area contributed by atoms with Gasteiger partial charge in [-0.3, -0.25) is 5.41 Å². The molecule has 0 aliphatic carbocycles. The first-order valence-electron chi connectivity index (χ1n) is 5.83. The Kier molecular flexibility index (Phi) is 3.94. The minimum Gasteiger partial charge on any atom is -0.384 e. The summed E-state index contributed by atoms with van der Waals surface area (Å²) in [5.41, 5.74) is 7.86. The maximum absolute atomic E-state index is 12.7. The summed E-state index contributed by atoms with van der Waals surface area (Å²) in [5.74, 6) is 5.81. The standard InChI is InChI=1S/C16H13FN2/c17-15-9-7-12(8-10-15)3-1-4-13-5-2-6-14(11-13)16(18)19/h2,5-11H,3H2,(H3,18,19). The minimum absolute atomic E-state index is 0.0298. The largest absolute Gasteiger partial charge is 0.384 e. The molecule has 0 aliphatic heterocycles. The van der Waals surface area contributed by atoms with Crippen LogP contribution < -0.4 is 5.73 Å². The molecule has 0 aromatic heterocycles. The molecule has 3 N–H and O–H groups in total. The number of amidine groups is 1. The number of nitrogens with one attached hydrogen (secondary N) is 1. The molecule has 0 saturated carbocycles. The van der Waals surface area contributed by atoms with E-state index in [4.69, 9.17) is 11.1 Å². The Labute approximate surface area is 111 Å². The Morgan fingerprint density at radius 2 is 1.89 bits per heavy atom. The van der Waals surface area contributed by atoms with Gasteiger partial charge >= 0.3 is 0 Å². The normalized spacial score (nSPS) is 9.53. The second-order valence-electron chi connectivity index (χ2n) is 4.10. The molecule has 0 spiro atoms. The van der Waals surface area contributed by atoms with E-state index >= 15 is 0 Å². The predicted octanol–water partition coefficient (Wildman–Crippen LogP) is 2.70. The molecule has 0 aliphatic rings. The van der Waals surface area contributed by atoms with Gasteiger partial charge < -0.3 is 5.73 Å². The van der Waals surface area contributed by atoms with Crippen LogP contribution in [0.5, 0.6) is 0 Å². The third-order valence-corrected chi connectivity index (χ3v) is 2.61.